The largest absolute Gasteiger partial charge is 0.504 e. The maximum atomic E-state index is 13.0. The molecule has 1 heterocycles. The van der Waals surface area contributed by atoms with Crippen molar-refractivity contribution in [3.05, 3.63) is 88.8 Å². The molecule has 0 aliphatic rings. The number of carbonyl (C=O) groups excluding carboxylic acids is 1. The Morgan fingerprint density at radius 1 is 1.00 bits per heavy atom. The van der Waals surface area contributed by atoms with Gasteiger partial charge in [0.15, 0.2) is 17.2 Å². The number of carbonyl (C=O) groups is 1. The molecule has 1 amide bonds. The topological polar surface area (TPSA) is 93.5 Å². The molecule has 0 spiro atoms. The number of amides is 1. The Balaban J connectivity index is 1.82. The van der Waals surface area contributed by atoms with E-state index in [1.807, 2.05) is 6.07 Å². The van der Waals surface area contributed by atoms with E-state index in [-0.39, 0.29) is 17.0 Å². The lowest BCUT2D eigenvalue weighted by Crippen LogP contribution is -2.26. The number of nitrogens with zero attached hydrogens (tertiary/aromatic N) is 2. The average molecular weight is 387 g/mol. The van der Waals surface area contributed by atoms with Gasteiger partial charge < -0.3 is 15.2 Å². The van der Waals surface area contributed by atoms with Crippen LogP contribution in [0, 0.1) is 0 Å². The van der Waals surface area contributed by atoms with Gasteiger partial charge in [-0.15, -0.1) is 0 Å². The van der Waals surface area contributed by atoms with E-state index in [1.165, 1.54) is 17.9 Å². The molecule has 0 unspecified atom stereocenters. The zero-order valence-corrected chi connectivity index (χ0v) is 15.5. The van der Waals surface area contributed by atoms with Gasteiger partial charge in [-0.1, -0.05) is 36.4 Å². The van der Waals surface area contributed by atoms with Gasteiger partial charge in [-0.3, -0.25) is 9.59 Å². The summed E-state index contributed by atoms with van der Waals surface area (Å²) in [6.45, 7) is 0. The van der Waals surface area contributed by atoms with Crippen LogP contribution in [0.5, 0.6) is 11.5 Å². The number of phenols is 1. The van der Waals surface area contributed by atoms with Gasteiger partial charge in [0, 0.05) is 17.1 Å². The highest BCUT2D eigenvalue weighted by molar-refractivity contribution is 6.11. The summed E-state index contributed by atoms with van der Waals surface area (Å²) < 4.78 is 6.22. The van der Waals surface area contributed by atoms with Crippen LogP contribution >= 0.6 is 0 Å². The third-order valence-corrected chi connectivity index (χ3v) is 4.46. The second kappa shape index (κ2) is 7.47. The maximum absolute atomic E-state index is 13.0. The van der Waals surface area contributed by atoms with Gasteiger partial charge in [-0.05, 0) is 30.3 Å². The molecule has 0 radical (unpaired) electrons. The lowest BCUT2D eigenvalue weighted by atomic mass is 10.1. The quantitative estimate of drug-likeness (QED) is 0.560. The van der Waals surface area contributed by atoms with Crippen molar-refractivity contribution in [2.75, 3.05) is 12.4 Å². The van der Waals surface area contributed by atoms with E-state index in [0.29, 0.717) is 27.9 Å². The predicted octanol–water partition coefficient (Wildman–Crippen LogP) is 3.35. The van der Waals surface area contributed by atoms with Crippen LogP contribution < -0.4 is 15.6 Å². The molecule has 4 rings (SSSR count). The molecule has 0 saturated carbocycles. The number of methoxy groups -OCH3 is 1. The minimum absolute atomic E-state index is 0.0966. The number of nitrogens with one attached hydrogen (secondary N) is 1. The summed E-state index contributed by atoms with van der Waals surface area (Å²) in [7, 11) is 1.44. The number of benzene rings is 3. The van der Waals surface area contributed by atoms with Crippen molar-refractivity contribution in [1.29, 1.82) is 0 Å². The van der Waals surface area contributed by atoms with Crippen LogP contribution in [0.3, 0.4) is 0 Å². The summed E-state index contributed by atoms with van der Waals surface area (Å²) >= 11 is 0. The molecule has 0 fully saturated rings. The summed E-state index contributed by atoms with van der Waals surface area (Å²) in [5.74, 6) is -0.308. The maximum Gasteiger partial charge on any atom is 0.279 e. The van der Waals surface area contributed by atoms with E-state index in [9.17, 15) is 14.7 Å². The van der Waals surface area contributed by atoms with Crippen LogP contribution in [-0.2, 0) is 0 Å². The molecule has 0 atom stereocenters. The van der Waals surface area contributed by atoms with E-state index in [4.69, 9.17) is 4.74 Å². The molecule has 0 saturated heterocycles. The van der Waals surface area contributed by atoms with E-state index in [0.717, 1.165) is 0 Å². The Morgan fingerprint density at radius 2 is 1.69 bits per heavy atom. The fourth-order valence-corrected chi connectivity index (χ4v) is 3.06. The van der Waals surface area contributed by atoms with E-state index in [1.54, 1.807) is 60.7 Å². The molecular weight excluding hydrogens is 370 g/mol. The van der Waals surface area contributed by atoms with Crippen LogP contribution in [0.25, 0.3) is 16.5 Å². The molecule has 7 heteroatoms. The molecule has 0 bridgehead atoms. The number of fused-ring (bicyclic) bond motifs is 1. The van der Waals surface area contributed by atoms with Gasteiger partial charge in [0.1, 0.15) is 0 Å². The van der Waals surface area contributed by atoms with E-state index < -0.39 is 5.91 Å². The number of phenolic OH excluding ortho intramolecular Hbond substituents is 1. The highest BCUT2D eigenvalue weighted by Gasteiger charge is 2.18. The number of hydrogen-bond donors (Lipinski definition) is 2. The first kappa shape index (κ1) is 18.2. The second-order valence-corrected chi connectivity index (χ2v) is 6.29. The Morgan fingerprint density at radius 3 is 2.38 bits per heavy atom. The fraction of sp³-hybridized carbons (Fsp3) is 0.0455. The van der Waals surface area contributed by atoms with Crippen LogP contribution in [0.2, 0.25) is 0 Å². The van der Waals surface area contributed by atoms with Crippen molar-refractivity contribution in [3.8, 4) is 17.2 Å². The van der Waals surface area contributed by atoms with Gasteiger partial charge in [0.25, 0.3) is 11.5 Å². The Bertz CT molecular complexity index is 1270. The molecule has 0 aliphatic heterocycles. The first-order valence-electron chi connectivity index (χ1n) is 8.84. The normalized spacial score (nSPS) is 10.7. The van der Waals surface area contributed by atoms with E-state index in [2.05, 4.69) is 10.4 Å². The third kappa shape index (κ3) is 3.41. The number of para-hydroxylation sites is 1. The van der Waals surface area contributed by atoms with Gasteiger partial charge in [0.2, 0.25) is 0 Å². The molecular formula is C22H17N3O4. The van der Waals surface area contributed by atoms with Crippen molar-refractivity contribution in [1.82, 2.24) is 9.78 Å². The van der Waals surface area contributed by atoms with Crippen LogP contribution in [0.4, 0.5) is 5.69 Å². The number of anilines is 1. The number of hydrogen-bond acceptors (Lipinski definition) is 5. The lowest BCUT2D eigenvalue weighted by Gasteiger charge is -2.12. The zero-order valence-electron chi connectivity index (χ0n) is 15.5. The number of rotatable bonds is 4. The van der Waals surface area contributed by atoms with Gasteiger partial charge >= 0.3 is 0 Å². The molecule has 1 aromatic heterocycles. The highest BCUT2D eigenvalue weighted by Crippen LogP contribution is 2.29. The Kier molecular flexibility index (Phi) is 4.70. The molecule has 4 aromatic rings. The van der Waals surface area contributed by atoms with Crippen molar-refractivity contribution < 1.29 is 14.6 Å². The van der Waals surface area contributed by atoms with Crippen LogP contribution in [-0.4, -0.2) is 27.9 Å². The van der Waals surface area contributed by atoms with E-state index >= 15 is 0 Å². The Hall–Kier alpha value is -4.13. The molecule has 3 aromatic carbocycles. The smallest absolute Gasteiger partial charge is 0.279 e. The predicted molar refractivity (Wildman–Crippen MR) is 110 cm³/mol. The minimum atomic E-state index is -0.504. The average Bonchev–Trinajstić information content (AvgIpc) is 2.75. The summed E-state index contributed by atoms with van der Waals surface area (Å²) in [4.78, 5) is 25.9. The first-order chi connectivity index (χ1) is 14.1. The number of ether oxygens (including phenoxy) is 1. The van der Waals surface area contributed by atoms with Crippen LogP contribution in [0.1, 0.15) is 10.5 Å². The van der Waals surface area contributed by atoms with Crippen molar-refractivity contribution in [2.24, 2.45) is 0 Å². The SMILES string of the molecule is COc1ccc(NC(=O)c2nn(-c3ccccc3)c(=O)c3ccccc23)cc1O. The van der Waals surface area contributed by atoms with Gasteiger partial charge in [-0.2, -0.15) is 9.78 Å². The van der Waals surface area contributed by atoms with Gasteiger partial charge in [-0.25, -0.2) is 0 Å². The van der Waals surface area contributed by atoms with Crippen molar-refractivity contribution >= 4 is 22.4 Å². The summed E-state index contributed by atoms with van der Waals surface area (Å²) in [6, 6.07) is 20.2. The van der Waals surface area contributed by atoms with Crippen molar-refractivity contribution in [3.63, 3.8) is 0 Å². The number of aromatic nitrogens is 2. The molecule has 2 N–H and O–H groups in total. The lowest BCUT2D eigenvalue weighted by molar-refractivity contribution is 0.102. The zero-order chi connectivity index (χ0) is 20.4. The third-order valence-electron chi connectivity index (χ3n) is 4.46. The Labute approximate surface area is 165 Å². The monoisotopic (exact) mass is 387 g/mol. The second-order valence-electron chi connectivity index (χ2n) is 6.29. The first-order valence-corrected chi connectivity index (χ1v) is 8.84. The van der Waals surface area contributed by atoms with Gasteiger partial charge in [0.05, 0.1) is 18.2 Å². The molecule has 0 aliphatic carbocycles. The molecule has 29 heavy (non-hydrogen) atoms. The van der Waals surface area contributed by atoms with Crippen LogP contribution in [0.15, 0.2) is 77.6 Å². The molecule has 7 nitrogen and oxygen atoms in total. The number of aromatic hydroxyl groups is 1. The van der Waals surface area contributed by atoms with Crippen molar-refractivity contribution in [2.45, 2.75) is 0 Å². The minimum Gasteiger partial charge on any atom is -0.504 e. The summed E-state index contributed by atoms with van der Waals surface area (Å²) in [6.07, 6.45) is 0. The molecule has 144 valence electrons. The fourth-order valence-electron chi connectivity index (χ4n) is 3.06. The summed E-state index contributed by atoms with van der Waals surface area (Å²) in [5, 5.41) is 17.8. The summed E-state index contributed by atoms with van der Waals surface area (Å²) in [5.41, 5.74) is 0.709. The highest BCUT2D eigenvalue weighted by atomic mass is 16.5. The standard InChI is InChI=1S/C22H17N3O4/c1-29-19-12-11-14(13-18(19)26)23-21(27)20-16-9-5-6-10-17(16)22(28)25(24-20)15-7-3-2-4-8-15/h2-13,26H,1H3,(H,23,27).